The lowest BCUT2D eigenvalue weighted by Crippen LogP contribution is -1.77. The van der Waals surface area contributed by atoms with Crippen molar-refractivity contribution in [3.05, 3.63) is 34.9 Å². The molecular formula is C8H10Cl2O3S. The lowest BCUT2D eigenvalue weighted by atomic mass is 10.2. The van der Waals surface area contributed by atoms with Gasteiger partial charge in [-0.05, 0) is 24.1 Å². The molecule has 1 N–H and O–H groups in total. The van der Waals surface area contributed by atoms with Crippen LogP contribution < -0.4 is 0 Å². The number of rotatable bonds is 1. The minimum absolute atomic E-state index is 0.812. The number of hydrogen-bond acceptors (Lipinski definition) is 2. The second-order valence-corrected chi connectivity index (χ2v) is 4.82. The van der Waals surface area contributed by atoms with Gasteiger partial charge in [-0.2, -0.15) is 8.42 Å². The van der Waals surface area contributed by atoms with E-state index in [1.807, 2.05) is 24.3 Å². The molecule has 0 saturated carbocycles. The Kier molecular flexibility index (Phi) is 6.11. The van der Waals surface area contributed by atoms with Crippen molar-refractivity contribution >= 4 is 31.6 Å². The van der Waals surface area contributed by atoms with Crippen LogP contribution in [0, 0.1) is 0 Å². The van der Waals surface area contributed by atoms with E-state index in [0.29, 0.717) is 0 Å². The van der Waals surface area contributed by atoms with Gasteiger partial charge in [0.05, 0.1) is 0 Å². The van der Waals surface area contributed by atoms with Crippen molar-refractivity contribution in [3.8, 4) is 0 Å². The fraction of sp³-hybridized carbons (Fsp3) is 0.250. The third-order valence-corrected chi connectivity index (χ3v) is 1.57. The van der Waals surface area contributed by atoms with Crippen LogP contribution in [0.25, 0.3) is 0 Å². The lowest BCUT2D eigenvalue weighted by molar-refractivity contribution is 0.501. The van der Waals surface area contributed by atoms with Gasteiger partial charge in [0.15, 0.2) is 0 Å². The van der Waals surface area contributed by atoms with Crippen molar-refractivity contribution in [1.29, 1.82) is 0 Å². The predicted molar refractivity (Wildman–Crippen MR) is 58.2 cm³/mol. The van der Waals surface area contributed by atoms with Crippen LogP contribution in [0.5, 0.6) is 0 Å². The summed E-state index contributed by atoms with van der Waals surface area (Å²) in [5.74, 6) is 0. The van der Waals surface area contributed by atoms with Crippen molar-refractivity contribution in [1.82, 2.24) is 0 Å². The molecule has 0 heterocycles. The lowest BCUT2D eigenvalue weighted by Gasteiger charge is -1.93. The van der Waals surface area contributed by atoms with E-state index in [9.17, 15) is 0 Å². The molecule has 6 heteroatoms. The summed E-state index contributed by atoms with van der Waals surface area (Å²) < 4.78 is 25.2. The monoisotopic (exact) mass is 256 g/mol. The highest BCUT2D eigenvalue weighted by Crippen LogP contribution is 2.09. The molecule has 80 valence electrons. The zero-order valence-electron chi connectivity index (χ0n) is 7.44. The molecule has 0 aliphatic rings. The maximum atomic E-state index is 8.95. The van der Waals surface area contributed by atoms with E-state index in [0.717, 1.165) is 11.4 Å². The summed E-state index contributed by atoms with van der Waals surface area (Å²) in [5.41, 5.74) is 1.33. The maximum absolute atomic E-state index is 8.95. The van der Waals surface area contributed by atoms with Crippen molar-refractivity contribution in [3.63, 3.8) is 0 Å². The molecule has 0 spiro atoms. The summed E-state index contributed by atoms with van der Waals surface area (Å²) in [4.78, 5) is 0. The number of benzene rings is 1. The molecule has 0 atom stereocenters. The first-order chi connectivity index (χ1) is 6.33. The minimum Gasteiger partial charge on any atom is -0.273 e. The average Bonchev–Trinajstić information content (AvgIpc) is 2.03. The Morgan fingerprint density at radius 3 is 1.93 bits per heavy atom. The molecular weight excluding hydrogens is 247 g/mol. The summed E-state index contributed by atoms with van der Waals surface area (Å²) >= 11 is 5.67. The topological polar surface area (TPSA) is 54.4 Å². The second-order valence-electron chi connectivity index (χ2n) is 2.39. The second kappa shape index (κ2) is 6.24. The third-order valence-electron chi connectivity index (χ3n) is 1.32. The highest BCUT2D eigenvalue weighted by molar-refractivity contribution is 8.09. The van der Waals surface area contributed by atoms with Crippen LogP contribution >= 0.6 is 22.3 Å². The Hall–Kier alpha value is -0.290. The number of aryl methyl sites for hydroxylation is 1. The summed E-state index contributed by atoms with van der Waals surface area (Å²) in [6.45, 7) is 2.13. The van der Waals surface area contributed by atoms with E-state index < -0.39 is 9.33 Å². The van der Waals surface area contributed by atoms with Gasteiger partial charge in [0.1, 0.15) is 0 Å². The Labute approximate surface area is 92.9 Å². The highest BCUT2D eigenvalue weighted by Gasteiger charge is 1.87. The first-order valence-corrected chi connectivity index (χ1v) is 6.39. The van der Waals surface area contributed by atoms with Gasteiger partial charge >= 0.3 is 9.33 Å². The summed E-state index contributed by atoms with van der Waals surface area (Å²) in [6.07, 6.45) is 1.08. The fourth-order valence-corrected chi connectivity index (χ4v) is 0.846. The smallest absolute Gasteiger partial charge is 0.273 e. The third kappa shape index (κ3) is 9.80. The van der Waals surface area contributed by atoms with Gasteiger partial charge in [0.25, 0.3) is 0 Å². The van der Waals surface area contributed by atoms with E-state index in [1.54, 1.807) is 0 Å². The van der Waals surface area contributed by atoms with Crippen LogP contribution in [-0.2, 0) is 15.8 Å². The summed E-state index contributed by atoms with van der Waals surface area (Å²) in [5, 5.41) is 0.812. The largest absolute Gasteiger partial charge is 0.353 e. The Bertz CT molecular complexity index is 351. The van der Waals surface area contributed by atoms with Gasteiger partial charge in [-0.15, -0.1) is 0 Å². The van der Waals surface area contributed by atoms with Gasteiger partial charge < -0.3 is 0 Å². The van der Waals surface area contributed by atoms with Crippen molar-refractivity contribution in [2.24, 2.45) is 0 Å². The van der Waals surface area contributed by atoms with E-state index in [2.05, 4.69) is 17.6 Å². The standard InChI is InChI=1S/C8H9Cl.ClHO3S/c1-2-7-3-5-8(9)6-4-7;1-5(2,3)4/h3-6H,2H2,1H3;(H,2,3,4). The molecule has 14 heavy (non-hydrogen) atoms. The maximum Gasteiger partial charge on any atom is 0.353 e. The number of halogens is 2. The molecule has 3 nitrogen and oxygen atoms in total. The van der Waals surface area contributed by atoms with Gasteiger partial charge in [-0.3, -0.25) is 4.55 Å². The molecule has 0 aliphatic carbocycles. The van der Waals surface area contributed by atoms with Crippen LogP contribution in [0.3, 0.4) is 0 Å². The van der Waals surface area contributed by atoms with Crippen LogP contribution in [0.2, 0.25) is 5.02 Å². The molecule has 1 aromatic carbocycles. The van der Waals surface area contributed by atoms with Crippen molar-refractivity contribution in [2.75, 3.05) is 0 Å². The highest BCUT2D eigenvalue weighted by atomic mass is 35.7. The first kappa shape index (κ1) is 13.7. The predicted octanol–water partition coefficient (Wildman–Crippen LogP) is 2.93. The van der Waals surface area contributed by atoms with E-state index in [4.69, 9.17) is 24.6 Å². The van der Waals surface area contributed by atoms with Crippen LogP contribution in [0.15, 0.2) is 24.3 Å². The minimum atomic E-state index is -4.19. The summed E-state index contributed by atoms with van der Waals surface area (Å²) in [6, 6.07) is 7.92. The molecule has 1 aromatic rings. The molecule has 0 amide bonds. The molecule has 0 aliphatic heterocycles. The quantitative estimate of drug-likeness (QED) is 0.621. The zero-order valence-corrected chi connectivity index (χ0v) is 9.77. The SMILES string of the molecule is CCc1ccc(Cl)cc1.O=S(=O)(O)Cl. The van der Waals surface area contributed by atoms with E-state index >= 15 is 0 Å². The van der Waals surface area contributed by atoms with Crippen LogP contribution in [0.1, 0.15) is 12.5 Å². The molecule has 0 saturated heterocycles. The molecule has 1 rings (SSSR count). The van der Waals surface area contributed by atoms with Gasteiger partial charge in [-0.1, -0.05) is 30.7 Å². The summed E-state index contributed by atoms with van der Waals surface area (Å²) in [7, 11) is -0.137. The number of hydrogen-bond donors (Lipinski definition) is 1. The fourth-order valence-electron chi connectivity index (χ4n) is 0.720. The molecule has 0 bridgehead atoms. The van der Waals surface area contributed by atoms with Crippen LogP contribution in [0.4, 0.5) is 0 Å². The van der Waals surface area contributed by atoms with Crippen LogP contribution in [-0.4, -0.2) is 13.0 Å². The molecule has 0 aromatic heterocycles. The van der Waals surface area contributed by atoms with Gasteiger partial charge in [0, 0.05) is 15.7 Å². The van der Waals surface area contributed by atoms with Gasteiger partial charge in [-0.25, -0.2) is 0 Å². The zero-order chi connectivity index (χ0) is 11.2. The van der Waals surface area contributed by atoms with Crippen molar-refractivity contribution < 1.29 is 13.0 Å². The van der Waals surface area contributed by atoms with E-state index in [-0.39, 0.29) is 0 Å². The average molecular weight is 257 g/mol. The van der Waals surface area contributed by atoms with E-state index in [1.165, 1.54) is 5.56 Å². The Morgan fingerprint density at radius 1 is 1.29 bits per heavy atom. The Balaban J connectivity index is 0.000000292. The Morgan fingerprint density at radius 2 is 1.64 bits per heavy atom. The normalized spacial score (nSPS) is 10.3. The van der Waals surface area contributed by atoms with Gasteiger partial charge in [0.2, 0.25) is 0 Å². The molecule has 0 radical (unpaired) electrons. The molecule has 0 fully saturated rings. The molecule has 0 unspecified atom stereocenters. The first-order valence-electron chi connectivity index (χ1n) is 3.74. The van der Waals surface area contributed by atoms with Crippen molar-refractivity contribution in [2.45, 2.75) is 13.3 Å².